The monoisotopic (exact) mass is 579 g/mol. The summed E-state index contributed by atoms with van der Waals surface area (Å²) in [5.74, 6) is -1.12. The first-order valence-electron chi connectivity index (χ1n) is 13.0. The number of piperidine rings is 1. The Morgan fingerprint density at radius 2 is 1.98 bits per heavy atom. The van der Waals surface area contributed by atoms with Gasteiger partial charge in [0.2, 0.25) is 0 Å². The molecule has 0 amide bonds. The molecule has 2 aromatic carbocycles. The molecular weight excluding hydrogens is 553 g/mol. The Kier molecular flexibility index (Phi) is 6.98. The molecule has 1 saturated heterocycles. The van der Waals surface area contributed by atoms with Crippen molar-refractivity contribution in [3.05, 3.63) is 93.0 Å². The van der Waals surface area contributed by atoms with Crippen LogP contribution in [-0.4, -0.2) is 39.0 Å². The molecule has 0 bridgehead atoms. The van der Waals surface area contributed by atoms with Crippen molar-refractivity contribution in [2.75, 3.05) is 13.1 Å². The van der Waals surface area contributed by atoms with Crippen molar-refractivity contribution >= 4 is 28.9 Å². The summed E-state index contributed by atoms with van der Waals surface area (Å²) in [7, 11) is 0. The van der Waals surface area contributed by atoms with Crippen molar-refractivity contribution in [2.24, 2.45) is 0 Å². The zero-order chi connectivity index (χ0) is 28.0. The van der Waals surface area contributed by atoms with Crippen LogP contribution in [-0.2, 0) is 12.3 Å². The van der Waals surface area contributed by atoms with Crippen LogP contribution in [0.4, 0.5) is 4.39 Å². The smallest absolute Gasteiger partial charge is 0.347 e. The number of halogens is 2. The lowest BCUT2D eigenvalue weighted by Crippen LogP contribution is -2.34. The van der Waals surface area contributed by atoms with Gasteiger partial charge in [0, 0.05) is 35.8 Å². The number of benzene rings is 2. The van der Waals surface area contributed by atoms with Gasteiger partial charge in [-0.15, -0.1) is 11.3 Å². The fraction of sp³-hybridized carbons (Fsp3) is 0.300. The predicted octanol–water partition coefficient (Wildman–Crippen LogP) is 7.03. The Balaban J connectivity index is 1.12. The average molecular weight is 580 g/mol. The standard InChI is InChI=1S/C30H27ClFN3O4S/c1-17-12-19(28-34-15-26(40-28)29(36)37)14-33-24(17)16-35-10-8-18(9-11-35)21-4-3-5-25-27(21)39-30(2,38-25)22-7-6-20(31)13-23(22)32/h3-7,12-15,18H,8-11,16H2,1-2H3,(H,36,37)/t30-/m1/s1. The fourth-order valence-corrected chi connectivity index (χ4v) is 6.34. The molecule has 1 atom stereocenters. The fourth-order valence-electron chi connectivity index (χ4n) is 5.44. The number of aromatic nitrogens is 2. The highest BCUT2D eigenvalue weighted by atomic mass is 35.5. The normalized spacial score (nSPS) is 19.2. The van der Waals surface area contributed by atoms with E-state index in [9.17, 15) is 14.3 Å². The number of para-hydroxylation sites is 1. The lowest BCUT2D eigenvalue weighted by Gasteiger charge is -2.32. The first-order valence-corrected chi connectivity index (χ1v) is 14.2. The van der Waals surface area contributed by atoms with Gasteiger partial charge in [0.1, 0.15) is 15.7 Å². The van der Waals surface area contributed by atoms with Crippen molar-refractivity contribution in [3.8, 4) is 22.1 Å². The minimum atomic E-state index is -1.27. The van der Waals surface area contributed by atoms with Crippen LogP contribution in [0.2, 0.25) is 5.02 Å². The van der Waals surface area contributed by atoms with Crippen LogP contribution in [0.25, 0.3) is 10.6 Å². The van der Waals surface area contributed by atoms with E-state index in [0.29, 0.717) is 27.1 Å². The van der Waals surface area contributed by atoms with Crippen molar-refractivity contribution < 1.29 is 23.8 Å². The Morgan fingerprint density at radius 1 is 1.18 bits per heavy atom. The summed E-state index contributed by atoms with van der Waals surface area (Å²) in [4.78, 5) is 22.7. The number of likely N-dealkylation sites (tertiary alicyclic amines) is 1. The summed E-state index contributed by atoms with van der Waals surface area (Å²) < 4.78 is 27.2. The Labute approximate surface area is 240 Å². The van der Waals surface area contributed by atoms with Crippen molar-refractivity contribution in [3.63, 3.8) is 0 Å². The number of carboxylic acid groups (broad SMARTS) is 1. The molecule has 4 heterocycles. The van der Waals surface area contributed by atoms with Crippen molar-refractivity contribution in [1.82, 2.24) is 14.9 Å². The van der Waals surface area contributed by atoms with Gasteiger partial charge in [0.15, 0.2) is 11.5 Å². The Bertz CT molecular complexity index is 1600. The van der Waals surface area contributed by atoms with Gasteiger partial charge in [-0.3, -0.25) is 9.88 Å². The lowest BCUT2D eigenvalue weighted by atomic mass is 9.88. The molecule has 10 heteroatoms. The van der Waals surface area contributed by atoms with Gasteiger partial charge in [-0.2, -0.15) is 0 Å². The molecule has 0 unspecified atom stereocenters. The van der Waals surface area contributed by atoms with Crippen LogP contribution in [0.5, 0.6) is 11.5 Å². The molecule has 0 saturated carbocycles. The maximum absolute atomic E-state index is 14.7. The van der Waals surface area contributed by atoms with Gasteiger partial charge in [0.05, 0.1) is 17.5 Å². The minimum absolute atomic E-state index is 0.211. The van der Waals surface area contributed by atoms with Crippen molar-refractivity contribution in [1.29, 1.82) is 0 Å². The Morgan fingerprint density at radius 3 is 2.67 bits per heavy atom. The molecule has 2 aromatic heterocycles. The molecule has 0 spiro atoms. The average Bonchev–Trinajstić information content (AvgIpc) is 3.55. The zero-order valence-corrected chi connectivity index (χ0v) is 23.6. The number of hydrogen-bond donors (Lipinski definition) is 1. The van der Waals surface area contributed by atoms with Crippen LogP contribution < -0.4 is 9.47 Å². The van der Waals surface area contributed by atoms with Crippen LogP contribution in [0, 0.1) is 12.7 Å². The highest BCUT2D eigenvalue weighted by Gasteiger charge is 2.43. The summed E-state index contributed by atoms with van der Waals surface area (Å²) in [6.07, 6.45) is 5.04. The van der Waals surface area contributed by atoms with Gasteiger partial charge in [0.25, 0.3) is 5.79 Å². The zero-order valence-electron chi connectivity index (χ0n) is 22.0. The molecule has 1 fully saturated rings. The van der Waals surface area contributed by atoms with Crippen LogP contribution in [0.15, 0.2) is 54.9 Å². The highest BCUT2D eigenvalue weighted by molar-refractivity contribution is 7.16. The van der Waals surface area contributed by atoms with Crippen LogP contribution in [0.1, 0.15) is 57.7 Å². The minimum Gasteiger partial charge on any atom is -0.477 e. The van der Waals surface area contributed by atoms with E-state index in [2.05, 4.69) is 20.9 Å². The number of nitrogens with zero attached hydrogens (tertiary/aromatic N) is 3. The van der Waals surface area contributed by atoms with Crippen LogP contribution in [0.3, 0.4) is 0 Å². The summed E-state index contributed by atoms with van der Waals surface area (Å²) in [5.41, 5.74) is 4.25. The topological polar surface area (TPSA) is 84.8 Å². The summed E-state index contributed by atoms with van der Waals surface area (Å²) in [6, 6.07) is 12.4. The predicted molar refractivity (Wildman–Crippen MR) is 151 cm³/mol. The number of hydrogen-bond acceptors (Lipinski definition) is 7. The largest absolute Gasteiger partial charge is 0.477 e. The number of thiazole rings is 1. The van der Waals surface area contributed by atoms with Gasteiger partial charge in [-0.05, 0) is 74.7 Å². The molecule has 0 aliphatic carbocycles. The second-order valence-corrected chi connectivity index (χ2v) is 11.8. The van der Waals surface area contributed by atoms with Gasteiger partial charge >= 0.3 is 5.97 Å². The number of carbonyl (C=O) groups is 1. The second-order valence-electron chi connectivity index (χ2n) is 10.3. The SMILES string of the molecule is Cc1cc(-c2ncc(C(=O)O)s2)cnc1CN1CCC(c2cccc3c2O[C@](C)(c2ccc(Cl)cc2F)O3)CC1. The number of ether oxygens (including phenoxy) is 2. The van der Waals surface area contributed by atoms with E-state index in [1.807, 2.05) is 25.1 Å². The number of rotatable bonds is 6. The number of aromatic carboxylic acids is 1. The van der Waals surface area contributed by atoms with Gasteiger partial charge < -0.3 is 14.6 Å². The molecule has 2 aliphatic rings. The molecule has 6 rings (SSSR count). The first kappa shape index (κ1) is 26.7. The number of fused-ring (bicyclic) bond motifs is 1. The van der Waals surface area contributed by atoms with E-state index in [1.165, 1.54) is 12.3 Å². The summed E-state index contributed by atoms with van der Waals surface area (Å²) in [6.45, 7) is 6.28. The van der Waals surface area contributed by atoms with E-state index < -0.39 is 17.6 Å². The highest BCUT2D eigenvalue weighted by Crippen LogP contribution is 2.49. The Hall–Kier alpha value is -3.53. The van der Waals surface area contributed by atoms with E-state index in [-0.39, 0.29) is 10.8 Å². The summed E-state index contributed by atoms with van der Waals surface area (Å²) in [5, 5.41) is 10.1. The molecular formula is C30H27ClFN3O4S. The molecule has 1 N–H and O–H groups in total. The molecule has 40 heavy (non-hydrogen) atoms. The molecule has 2 aliphatic heterocycles. The van der Waals surface area contributed by atoms with Gasteiger partial charge in [-0.1, -0.05) is 23.7 Å². The van der Waals surface area contributed by atoms with E-state index in [4.69, 9.17) is 21.1 Å². The van der Waals surface area contributed by atoms with E-state index in [0.717, 1.165) is 66.2 Å². The second kappa shape index (κ2) is 10.5. The number of carboxylic acids is 1. The molecule has 206 valence electrons. The van der Waals surface area contributed by atoms with Crippen LogP contribution >= 0.6 is 22.9 Å². The number of aryl methyl sites for hydroxylation is 1. The summed E-state index contributed by atoms with van der Waals surface area (Å²) >= 11 is 7.10. The molecule has 7 nitrogen and oxygen atoms in total. The lowest BCUT2D eigenvalue weighted by molar-refractivity contribution is -0.0712. The van der Waals surface area contributed by atoms with Gasteiger partial charge in [-0.25, -0.2) is 14.2 Å². The quantitative estimate of drug-likeness (QED) is 0.262. The van der Waals surface area contributed by atoms with Crippen molar-refractivity contribution in [2.45, 2.75) is 44.9 Å². The third-order valence-corrected chi connectivity index (χ3v) is 8.85. The third kappa shape index (κ3) is 5.05. The maximum Gasteiger partial charge on any atom is 0.347 e. The third-order valence-electron chi connectivity index (χ3n) is 7.58. The molecule has 0 radical (unpaired) electrons. The molecule has 4 aromatic rings. The maximum atomic E-state index is 14.7. The number of pyridine rings is 1. The first-order chi connectivity index (χ1) is 19.2. The van der Waals surface area contributed by atoms with E-state index >= 15 is 0 Å². The van der Waals surface area contributed by atoms with E-state index in [1.54, 1.807) is 25.3 Å².